The summed E-state index contributed by atoms with van der Waals surface area (Å²) in [5.74, 6) is 0.489. The molecule has 4 nitrogen and oxygen atoms in total. The quantitative estimate of drug-likeness (QED) is 0.861. The number of hydrogen-bond acceptors (Lipinski definition) is 3. The summed E-state index contributed by atoms with van der Waals surface area (Å²) in [5.41, 5.74) is 4.60. The van der Waals surface area contributed by atoms with Gasteiger partial charge in [0, 0.05) is 11.6 Å². The minimum absolute atomic E-state index is 0.0142. The van der Waals surface area contributed by atoms with Crippen molar-refractivity contribution in [3.05, 3.63) is 35.4 Å². The van der Waals surface area contributed by atoms with Gasteiger partial charge in [0.15, 0.2) is 5.78 Å². The maximum atomic E-state index is 13.1. The molecule has 2 unspecified atom stereocenters. The van der Waals surface area contributed by atoms with Gasteiger partial charge in [0.2, 0.25) is 5.91 Å². The van der Waals surface area contributed by atoms with E-state index in [1.54, 1.807) is 5.01 Å². The first-order valence-electron chi connectivity index (χ1n) is 9.11. The largest absolute Gasteiger partial charge is 0.292 e. The molecule has 1 saturated heterocycles. The second-order valence-electron chi connectivity index (χ2n) is 7.65. The van der Waals surface area contributed by atoms with Crippen LogP contribution in [-0.2, 0) is 4.79 Å². The second-order valence-corrected chi connectivity index (χ2v) is 7.65. The van der Waals surface area contributed by atoms with E-state index >= 15 is 0 Å². The Morgan fingerprint density at radius 1 is 1.29 bits per heavy atom. The van der Waals surface area contributed by atoms with Gasteiger partial charge < -0.3 is 0 Å². The molecule has 130 valence electrons. The number of hydrogen-bond donors (Lipinski definition) is 1. The maximum absolute atomic E-state index is 13.1. The number of Topliss-reactive ketones (excluding diaryl/α,β-unsaturated/α-hetero) is 1. The molecule has 2 fully saturated rings. The van der Waals surface area contributed by atoms with Gasteiger partial charge in [0.25, 0.3) is 0 Å². The Kier molecular flexibility index (Phi) is 4.77. The Morgan fingerprint density at radius 3 is 2.67 bits per heavy atom. The van der Waals surface area contributed by atoms with E-state index < -0.39 is 5.41 Å². The molecule has 1 saturated carbocycles. The molecule has 1 aliphatic heterocycles. The van der Waals surface area contributed by atoms with Gasteiger partial charge in [-0.05, 0) is 45.6 Å². The van der Waals surface area contributed by atoms with Crippen molar-refractivity contribution in [1.82, 2.24) is 10.4 Å². The highest BCUT2D eigenvalue weighted by atomic mass is 16.2. The standard InChI is InChI=1S/C20H28N2O2/c1-14-8-7-9-16(12-14)18(23)13-22-19(24)20(3,15(2)21-22)17-10-5-4-6-11-17/h7-9,12,15,17,21H,4-6,10-11,13H2,1-3H3. The van der Waals surface area contributed by atoms with Crippen LogP contribution < -0.4 is 5.43 Å². The number of aryl methyl sites for hydroxylation is 1. The number of amides is 1. The van der Waals surface area contributed by atoms with Crippen LogP contribution in [0.1, 0.15) is 61.9 Å². The minimum atomic E-state index is -0.396. The smallest absolute Gasteiger partial charge is 0.244 e. The summed E-state index contributed by atoms with van der Waals surface area (Å²) in [6.07, 6.45) is 5.94. The van der Waals surface area contributed by atoms with E-state index in [2.05, 4.69) is 19.3 Å². The molecular formula is C20H28N2O2. The Balaban J connectivity index is 1.74. The van der Waals surface area contributed by atoms with Crippen molar-refractivity contribution in [3.8, 4) is 0 Å². The topological polar surface area (TPSA) is 49.4 Å². The minimum Gasteiger partial charge on any atom is -0.292 e. The Labute approximate surface area is 144 Å². The number of carbonyl (C=O) groups excluding carboxylic acids is 2. The van der Waals surface area contributed by atoms with Crippen molar-refractivity contribution in [2.24, 2.45) is 11.3 Å². The van der Waals surface area contributed by atoms with Crippen LogP contribution in [0.25, 0.3) is 0 Å². The highest BCUT2D eigenvalue weighted by molar-refractivity contribution is 6.00. The summed E-state index contributed by atoms with van der Waals surface area (Å²) in [6.45, 7) is 6.23. The van der Waals surface area contributed by atoms with Gasteiger partial charge in [0.05, 0.1) is 5.41 Å². The molecule has 1 aliphatic carbocycles. The van der Waals surface area contributed by atoms with Crippen LogP contribution >= 0.6 is 0 Å². The van der Waals surface area contributed by atoms with Crippen molar-refractivity contribution in [2.45, 2.75) is 58.9 Å². The fourth-order valence-corrected chi connectivity index (χ4v) is 4.30. The van der Waals surface area contributed by atoms with Crippen LogP contribution in [-0.4, -0.2) is 29.3 Å². The van der Waals surface area contributed by atoms with Crippen molar-refractivity contribution in [1.29, 1.82) is 0 Å². The zero-order valence-corrected chi connectivity index (χ0v) is 15.0. The highest BCUT2D eigenvalue weighted by Crippen LogP contribution is 2.44. The van der Waals surface area contributed by atoms with Crippen LogP contribution in [0, 0.1) is 18.3 Å². The van der Waals surface area contributed by atoms with E-state index in [0.29, 0.717) is 11.5 Å². The molecule has 1 N–H and O–H groups in total. The van der Waals surface area contributed by atoms with Gasteiger partial charge in [-0.1, -0.05) is 43.0 Å². The molecular weight excluding hydrogens is 300 g/mol. The predicted octanol–water partition coefficient (Wildman–Crippen LogP) is 3.50. The molecule has 2 atom stereocenters. The molecule has 3 rings (SSSR count). The van der Waals surface area contributed by atoms with E-state index in [-0.39, 0.29) is 24.3 Å². The van der Waals surface area contributed by atoms with Crippen molar-refractivity contribution >= 4 is 11.7 Å². The molecule has 1 amide bonds. The second kappa shape index (κ2) is 6.67. The predicted molar refractivity (Wildman–Crippen MR) is 94.5 cm³/mol. The summed E-state index contributed by atoms with van der Waals surface area (Å²) in [6, 6.07) is 7.62. The van der Waals surface area contributed by atoms with Gasteiger partial charge in [-0.15, -0.1) is 0 Å². The van der Waals surface area contributed by atoms with E-state index in [4.69, 9.17) is 0 Å². The van der Waals surface area contributed by atoms with Crippen molar-refractivity contribution in [2.75, 3.05) is 6.54 Å². The first-order chi connectivity index (χ1) is 11.4. The van der Waals surface area contributed by atoms with Crippen LogP contribution in [0.5, 0.6) is 0 Å². The molecule has 1 heterocycles. The van der Waals surface area contributed by atoms with E-state index in [1.165, 1.54) is 19.3 Å². The number of rotatable bonds is 4. The highest BCUT2D eigenvalue weighted by Gasteiger charge is 2.53. The first kappa shape index (κ1) is 17.2. The normalized spacial score (nSPS) is 28.4. The number of benzene rings is 1. The third-order valence-corrected chi connectivity index (χ3v) is 6.05. The summed E-state index contributed by atoms with van der Waals surface area (Å²) >= 11 is 0. The Hall–Kier alpha value is -1.68. The average Bonchev–Trinajstić information content (AvgIpc) is 2.80. The zero-order chi connectivity index (χ0) is 17.3. The molecule has 0 bridgehead atoms. The lowest BCUT2D eigenvalue weighted by atomic mass is 9.66. The first-order valence-corrected chi connectivity index (χ1v) is 9.11. The van der Waals surface area contributed by atoms with E-state index in [1.807, 2.05) is 31.2 Å². The number of ketones is 1. The molecule has 0 spiro atoms. The maximum Gasteiger partial charge on any atom is 0.244 e. The number of nitrogens with zero attached hydrogens (tertiary/aromatic N) is 1. The molecule has 1 aromatic carbocycles. The molecule has 4 heteroatoms. The fraction of sp³-hybridized carbons (Fsp3) is 0.600. The summed E-state index contributed by atoms with van der Waals surface area (Å²) < 4.78 is 0. The number of hydrazine groups is 1. The van der Waals surface area contributed by atoms with Gasteiger partial charge in [-0.3, -0.25) is 14.6 Å². The van der Waals surface area contributed by atoms with Crippen molar-refractivity contribution < 1.29 is 9.59 Å². The SMILES string of the molecule is Cc1cccc(C(=O)CN2NC(C)C(C)(C3CCCCC3)C2=O)c1. The molecule has 0 aromatic heterocycles. The third kappa shape index (κ3) is 3.00. The third-order valence-electron chi connectivity index (χ3n) is 6.05. The van der Waals surface area contributed by atoms with Gasteiger partial charge >= 0.3 is 0 Å². The molecule has 24 heavy (non-hydrogen) atoms. The number of carbonyl (C=O) groups is 2. The molecule has 2 aliphatic rings. The average molecular weight is 328 g/mol. The van der Waals surface area contributed by atoms with Gasteiger partial charge in [-0.2, -0.15) is 0 Å². The lowest BCUT2D eigenvalue weighted by molar-refractivity contribution is -0.139. The monoisotopic (exact) mass is 328 g/mol. The van der Waals surface area contributed by atoms with Crippen LogP contribution in [0.3, 0.4) is 0 Å². The lowest BCUT2D eigenvalue weighted by Crippen LogP contribution is -2.43. The molecule has 0 radical (unpaired) electrons. The molecule has 1 aromatic rings. The van der Waals surface area contributed by atoms with Gasteiger partial charge in [-0.25, -0.2) is 5.43 Å². The van der Waals surface area contributed by atoms with Crippen LogP contribution in [0.15, 0.2) is 24.3 Å². The van der Waals surface area contributed by atoms with E-state index in [0.717, 1.165) is 18.4 Å². The van der Waals surface area contributed by atoms with E-state index in [9.17, 15) is 9.59 Å². The lowest BCUT2D eigenvalue weighted by Gasteiger charge is -2.37. The van der Waals surface area contributed by atoms with Crippen LogP contribution in [0.2, 0.25) is 0 Å². The number of nitrogens with one attached hydrogen (secondary N) is 1. The Morgan fingerprint density at radius 2 is 2.00 bits per heavy atom. The van der Waals surface area contributed by atoms with Gasteiger partial charge in [0.1, 0.15) is 6.54 Å². The Bertz CT molecular complexity index is 636. The van der Waals surface area contributed by atoms with Crippen LogP contribution in [0.4, 0.5) is 0 Å². The fourth-order valence-electron chi connectivity index (χ4n) is 4.30. The van der Waals surface area contributed by atoms with Crippen molar-refractivity contribution in [3.63, 3.8) is 0 Å². The summed E-state index contributed by atoms with van der Waals surface area (Å²) in [5, 5.41) is 1.56. The zero-order valence-electron chi connectivity index (χ0n) is 15.0. The summed E-state index contributed by atoms with van der Waals surface area (Å²) in [7, 11) is 0. The summed E-state index contributed by atoms with van der Waals surface area (Å²) in [4.78, 5) is 25.6.